The number of nitrogens with zero attached hydrogens (tertiary/aromatic N) is 1. The van der Waals surface area contributed by atoms with Crippen molar-refractivity contribution >= 4 is 11.8 Å². The fourth-order valence-corrected chi connectivity index (χ4v) is 4.74. The van der Waals surface area contributed by atoms with Crippen molar-refractivity contribution in [2.75, 3.05) is 31.1 Å². The van der Waals surface area contributed by atoms with Crippen molar-refractivity contribution in [3.63, 3.8) is 0 Å². The summed E-state index contributed by atoms with van der Waals surface area (Å²) in [5, 5.41) is 0. The zero-order valence-corrected chi connectivity index (χ0v) is 13.1. The van der Waals surface area contributed by atoms with E-state index in [0.29, 0.717) is 6.54 Å². The van der Waals surface area contributed by atoms with E-state index >= 15 is 0 Å². The van der Waals surface area contributed by atoms with Crippen LogP contribution in [-0.4, -0.2) is 52.8 Å². The summed E-state index contributed by atoms with van der Waals surface area (Å²) < 4.78 is 6.31. The molecule has 2 aliphatic heterocycles. The fourth-order valence-electron chi connectivity index (χ4n) is 3.85. The van der Waals surface area contributed by atoms with Crippen molar-refractivity contribution in [2.24, 2.45) is 5.73 Å². The first-order valence-electron chi connectivity index (χ1n) is 7.06. The van der Waals surface area contributed by atoms with Crippen LogP contribution in [0.25, 0.3) is 0 Å². The van der Waals surface area contributed by atoms with E-state index in [9.17, 15) is 0 Å². The maximum absolute atomic E-state index is 6.31. The maximum Gasteiger partial charge on any atom is 0.0830 e. The van der Waals surface area contributed by atoms with Gasteiger partial charge in [-0.2, -0.15) is 11.8 Å². The minimum absolute atomic E-state index is 0.00139. The number of nitrogens with two attached hydrogens (primary N) is 1. The monoisotopic (exact) mass is 272 g/mol. The van der Waals surface area contributed by atoms with Crippen LogP contribution in [-0.2, 0) is 4.74 Å². The van der Waals surface area contributed by atoms with Crippen LogP contribution in [0.5, 0.6) is 0 Å². The Hall–Kier alpha value is 0.230. The molecule has 1 atom stereocenters. The van der Waals surface area contributed by atoms with Crippen LogP contribution in [0.15, 0.2) is 0 Å². The van der Waals surface area contributed by atoms with Crippen molar-refractivity contribution in [3.05, 3.63) is 0 Å². The molecule has 0 aromatic heterocycles. The number of thioether (sulfide) groups is 1. The van der Waals surface area contributed by atoms with E-state index in [-0.39, 0.29) is 16.7 Å². The van der Waals surface area contributed by atoms with Gasteiger partial charge in [0, 0.05) is 18.8 Å². The van der Waals surface area contributed by atoms with Crippen LogP contribution in [0.3, 0.4) is 0 Å². The Morgan fingerprint density at radius 2 is 1.89 bits per heavy atom. The maximum atomic E-state index is 6.31. The molecule has 0 saturated carbocycles. The van der Waals surface area contributed by atoms with Gasteiger partial charge in [0.1, 0.15) is 0 Å². The molecule has 0 radical (unpaired) electrons. The number of hydrogen-bond donors (Lipinski definition) is 1. The molecule has 1 unspecified atom stereocenters. The molecule has 2 saturated heterocycles. The summed E-state index contributed by atoms with van der Waals surface area (Å²) >= 11 is 2.06. The first kappa shape index (κ1) is 14.6. The highest BCUT2D eigenvalue weighted by atomic mass is 32.2. The molecule has 106 valence electrons. The van der Waals surface area contributed by atoms with Gasteiger partial charge < -0.3 is 10.5 Å². The van der Waals surface area contributed by atoms with Gasteiger partial charge in [0.15, 0.2) is 0 Å². The molecule has 0 amide bonds. The number of hydrogen-bond acceptors (Lipinski definition) is 4. The Labute approximate surface area is 116 Å². The van der Waals surface area contributed by atoms with E-state index in [1.54, 1.807) is 0 Å². The normalized spacial score (nSPS) is 36.5. The predicted octanol–water partition coefficient (Wildman–Crippen LogP) is 2.10. The SMILES string of the molecule is CC1(C)CC(CN)(N2CCCSCC2)C(C)(C)O1. The summed E-state index contributed by atoms with van der Waals surface area (Å²) in [6.45, 7) is 11.8. The van der Waals surface area contributed by atoms with Gasteiger partial charge in [0.05, 0.1) is 16.7 Å². The molecule has 0 spiro atoms. The topological polar surface area (TPSA) is 38.5 Å². The lowest BCUT2D eigenvalue weighted by Gasteiger charge is -2.47. The van der Waals surface area contributed by atoms with Gasteiger partial charge in [-0.05, 0) is 52.8 Å². The van der Waals surface area contributed by atoms with Gasteiger partial charge in [0.25, 0.3) is 0 Å². The second-order valence-corrected chi connectivity index (χ2v) is 7.96. The minimum Gasteiger partial charge on any atom is -0.368 e. The molecule has 3 nitrogen and oxygen atoms in total. The molecule has 2 rings (SSSR count). The quantitative estimate of drug-likeness (QED) is 0.835. The van der Waals surface area contributed by atoms with Crippen LogP contribution in [0, 0.1) is 0 Å². The lowest BCUT2D eigenvalue weighted by atomic mass is 9.77. The molecule has 2 N–H and O–H groups in total. The highest BCUT2D eigenvalue weighted by Gasteiger charge is 2.59. The zero-order valence-electron chi connectivity index (χ0n) is 12.3. The minimum atomic E-state index is -0.166. The second-order valence-electron chi connectivity index (χ2n) is 6.74. The van der Waals surface area contributed by atoms with Gasteiger partial charge in [-0.1, -0.05) is 0 Å². The molecular weight excluding hydrogens is 244 g/mol. The molecule has 0 aromatic rings. The van der Waals surface area contributed by atoms with E-state index in [1.807, 2.05) is 0 Å². The number of ether oxygens (including phenoxy) is 1. The van der Waals surface area contributed by atoms with E-state index in [2.05, 4.69) is 44.4 Å². The summed E-state index contributed by atoms with van der Waals surface area (Å²) in [6.07, 6.45) is 2.30. The molecule has 0 bridgehead atoms. The first-order valence-corrected chi connectivity index (χ1v) is 8.22. The van der Waals surface area contributed by atoms with Crippen molar-refractivity contribution < 1.29 is 4.74 Å². The number of rotatable bonds is 2. The smallest absolute Gasteiger partial charge is 0.0830 e. The average molecular weight is 272 g/mol. The van der Waals surface area contributed by atoms with Gasteiger partial charge in [-0.15, -0.1) is 0 Å². The molecular formula is C14H28N2OS. The third-order valence-electron chi connectivity index (χ3n) is 4.54. The Balaban J connectivity index is 2.28. The van der Waals surface area contributed by atoms with E-state index in [1.165, 1.54) is 17.9 Å². The Morgan fingerprint density at radius 1 is 1.17 bits per heavy atom. The molecule has 2 heterocycles. The van der Waals surface area contributed by atoms with Crippen LogP contribution < -0.4 is 5.73 Å². The molecule has 0 aliphatic carbocycles. The van der Waals surface area contributed by atoms with Crippen LogP contribution in [0.1, 0.15) is 40.5 Å². The second kappa shape index (κ2) is 4.97. The fraction of sp³-hybridized carbons (Fsp3) is 1.00. The Bertz CT molecular complexity index is 298. The zero-order chi connectivity index (χ0) is 13.4. The Kier molecular flexibility index (Phi) is 4.04. The van der Waals surface area contributed by atoms with Crippen molar-refractivity contribution in [3.8, 4) is 0 Å². The van der Waals surface area contributed by atoms with Gasteiger partial charge in [-0.3, -0.25) is 4.90 Å². The standard InChI is InChI=1S/C14H28N2OS/c1-12(2)10-14(11-15,13(3,4)17-12)16-6-5-8-18-9-7-16/h5-11,15H2,1-4H3. The van der Waals surface area contributed by atoms with Crippen LogP contribution in [0.2, 0.25) is 0 Å². The largest absolute Gasteiger partial charge is 0.368 e. The molecule has 2 aliphatic rings. The molecule has 2 fully saturated rings. The third-order valence-corrected chi connectivity index (χ3v) is 5.58. The van der Waals surface area contributed by atoms with Gasteiger partial charge in [0.2, 0.25) is 0 Å². The lowest BCUT2D eigenvalue weighted by Crippen LogP contribution is -2.63. The third kappa shape index (κ3) is 2.45. The van der Waals surface area contributed by atoms with Crippen molar-refractivity contribution in [2.45, 2.75) is 57.3 Å². The van der Waals surface area contributed by atoms with Crippen molar-refractivity contribution in [1.82, 2.24) is 4.90 Å². The summed E-state index contributed by atoms with van der Waals surface area (Å²) in [6, 6.07) is 0. The van der Waals surface area contributed by atoms with E-state index in [4.69, 9.17) is 10.5 Å². The highest BCUT2D eigenvalue weighted by molar-refractivity contribution is 7.99. The average Bonchev–Trinajstić information content (AvgIpc) is 2.49. The summed E-state index contributed by atoms with van der Waals surface area (Å²) in [4.78, 5) is 2.61. The van der Waals surface area contributed by atoms with Gasteiger partial charge >= 0.3 is 0 Å². The summed E-state index contributed by atoms with van der Waals surface area (Å²) in [5.41, 5.74) is 5.99. The van der Waals surface area contributed by atoms with Crippen LogP contribution in [0.4, 0.5) is 0 Å². The molecule has 18 heavy (non-hydrogen) atoms. The summed E-state index contributed by atoms with van der Waals surface area (Å²) in [7, 11) is 0. The van der Waals surface area contributed by atoms with E-state index in [0.717, 1.165) is 19.5 Å². The highest BCUT2D eigenvalue weighted by Crippen LogP contribution is 2.48. The lowest BCUT2D eigenvalue weighted by molar-refractivity contribution is -0.103. The van der Waals surface area contributed by atoms with Crippen LogP contribution >= 0.6 is 11.8 Å². The van der Waals surface area contributed by atoms with Gasteiger partial charge in [-0.25, -0.2) is 0 Å². The Morgan fingerprint density at radius 3 is 2.44 bits per heavy atom. The van der Waals surface area contributed by atoms with E-state index < -0.39 is 0 Å². The van der Waals surface area contributed by atoms with Crippen molar-refractivity contribution in [1.29, 1.82) is 0 Å². The molecule has 4 heteroatoms. The molecule has 0 aromatic carbocycles. The summed E-state index contributed by atoms with van der Waals surface area (Å²) in [5.74, 6) is 2.50. The predicted molar refractivity (Wildman–Crippen MR) is 79.2 cm³/mol. The first-order chi connectivity index (χ1) is 8.33.